The smallest absolute Gasteiger partial charge is 0.116 e. The Morgan fingerprint density at radius 2 is 1.71 bits per heavy atom. The Labute approximate surface area is 103 Å². The first-order valence-electron chi connectivity index (χ1n) is 5.91. The molecule has 0 amide bonds. The number of nitrogens with zero attached hydrogens (tertiary/aromatic N) is 2. The van der Waals surface area contributed by atoms with Crippen LogP contribution in [0.15, 0.2) is 42.7 Å². The molecule has 0 bridgehead atoms. The van der Waals surface area contributed by atoms with Gasteiger partial charge in [-0.25, -0.2) is 9.97 Å². The van der Waals surface area contributed by atoms with Gasteiger partial charge in [0.2, 0.25) is 0 Å². The lowest BCUT2D eigenvalue weighted by Crippen LogP contribution is -2.10. The first kappa shape index (κ1) is 11.8. The number of benzene rings is 1. The first-order valence-corrected chi connectivity index (χ1v) is 5.91. The van der Waals surface area contributed by atoms with Crippen molar-refractivity contribution < 1.29 is 0 Å². The van der Waals surface area contributed by atoms with Gasteiger partial charge in [-0.15, -0.1) is 0 Å². The van der Waals surface area contributed by atoms with Crippen molar-refractivity contribution in [2.45, 2.75) is 27.2 Å². The zero-order chi connectivity index (χ0) is 12.3. The molecule has 0 saturated heterocycles. The maximum absolute atomic E-state index is 4.34. The molecule has 2 aromatic rings. The normalized spacial score (nSPS) is 11.5. The van der Waals surface area contributed by atoms with Crippen LogP contribution in [0.25, 0.3) is 11.3 Å². The average Bonchev–Trinajstić information content (AvgIpc) is 2.28. The predicted molar refractivity (Wildman–Crippen MR) is 70.6 cm³/mol. The Kier molecular flexibility index (Phi) is 3.23. The van der Waals surface area contributed by atoms with Gasteiger partial charge in [0.15, 0.2) is 0 Å². The lowest BCUT2D eigenvalue weighted by Gasteiger charge is -2.17. The molecule has 0 aliphatic heterocycles. The molecular formula is C15H18N2. The molecule has 0 atom stereocenters. The molecule has 0 aliphatic rings. The Balaban J connectivity index is 2.29. The van der Waals surface area contributed by atoms with Crippen molar-refractivity contribution in [3.8, 4) is 11.3 Å². The maximum atomic E-state index is 4.34. The quantitative estimate of drug-likeness (QED) is 0.779. The molecule has 0 spiro atoms. The molecule has 17 heavy (non-hydrogen) atoms. The first-order chi connectivity index (χ1) is 8.04. The van der Waals surface area contributed by atoms with Gasteiger partial charge in [0, 0.05) is 11.3 Å². The highest BCUT2D eigenvalue weighted by molar-refractivity contribution is 5.58. The molecule has 0 unspecified atom stereocenters. The molecule has 0 radical (unpaired) electrons. The van der Waals surface area contributed by atoms with Crippen LogP contribution in [0.1, 0.15) is 26.5 Å². The number of hydrogen-bond acceptors (Lipinski definition) is 2. The van der Waals surface area contributed by atoms with Crippen LogP contribution in [0.2, 0.25) is 0 Å². The Hall–Kier alpha value is -1.70. The number of rotatable bonds is 2. The number of hydrogen-bond donors (Lipinski definition) is 0. The Morgan fingerprint density at radius 3 is 2.35 bits per heavy atom. The highest BCUT2D eigenvalue weighted by Crippen LogP contribution is 2.22. The van der Waals surface area contributed by atoms with Crippen LogP contribution in [0.5, 0.6) is 0 Å². The lowest BCUT2D eigenvalue weighted by molar-refractivity contribution is 0.406. The van der Waals surface area contributed by atoms with E-state index >= 15 is 0 Å². The number of aromatic nitrogens is 2. The summed E-state index contributed by atoms with van der Waals surface area (Å²) in [6, 6.07) is 12.3. The monoisotopic (exact) mass is 226 g/mol. The van der Waals surface area contributed by atoms with Crippen molar-refractivity contribution in [3.05, 3.63) is 48.4 Å². The summed E-state index contributed by atoms with van der Waals surface area (Å²) >= 11 is 0. The van der Waals surface area contributed by atoms with Crippen LogP contribution in [-0.2, 0) is 6.42 Å². The lowest BCUT2D eigenvalue weighted by atomic mass is 9.90. The third kappa shape index (κ3) is 3.38. The average molecular weight is 226 g/mol. The van der Waals surface area contributed by atoms with E-state index in [9.17, 15) is 0 Å². The van der Waals surface area contributed by atoms with Crippen LogP contribution in [0.4, 0.5) is 0 Å². The molecule has 0 saturated carbocycles. The topological polar surface area (TPSA) is 25.8 Å². The summed E-state index contributed by atoms with van der Waals surface area (Å²) in [6.45, 7) is 6.66. The van der Waals surface area contributed by atoms with E-state index in [2.05, 4.69) is 48.9 Å². The van der Waals surface area contributed by atoms with Crippen molar-refractivity contribution in [1.82, 2.24) is 9.97 Å². The molecular weight excluding hydrogens is 208 g/mol. The van der Waals surface area contributed by atoms with Gasteiger partial charge in [0.25, 0.3) is 0 Å². The summed E-state index contributed by atoms with van der Waals surface area (Å²) in [7, 11) is 0. The minimum Gasteiger partial charge on any atom is -0.241 e. The summed E-state index contributed by atoms with van der Waals surface area (Å²) in [5, 5.41) is 0. The van der Waals surface area contributed by atoms with Crippen LogP contribution in [0.3, 0.4) is 0 Å². The standard InChI is InChI=1S/C15H18N2/c1-15(2,3)10-13-9-14(17-11-16-13)12-7-5-4-6-8-12/h4-9,11H,10H2,1-3H3. The van der Waals surface area contributed by atoms with E-state index in [0.29, 0.717) is 0 Å². The fourth-order valence-electron chi connectivity index (χ4n) is 1.80. The minimum atomic E-state index is 0.252. The van der Waals surface area contributed by atoms with E-state index in [1.54, 1.807) is 6.33 Å². The van der Waals surface area contributed by atoms with E-state index in [4.69, 9.17) is 0 Å². The molecule has 2 heteroatoms. The molecule has 0 fully saturated rings. The summed E-state index contributed by atoms with van der Waals surface area (Å²) in [5.74, 6) is 0. The van der Waals surface area contributed by atoms with Crippen molar-refractivity contribution >= 4 is 0 Å². The fraction of sp³-hybridized carbons (Fsp3) is 0.333. The van der Waals surface area contributed by atoms with Gasteiger partial charge in [-0.05, 0) is 17.9 Å². The van der Waals surface area contributed by atoms with Crippen LogP contribution in [-0.4, -0.2) is 9.97 Å². The fourth-order valence-corrected chi connectivity index (χ4v) is 1.80. The third-order valence-electron chi connectivity index (χ3n) is 2.50. The zero-order valence-corrected chi connectivity index (χ0v) is 10.6. The maximum Gasteiger partial charge on any atom is 0.116 e. The minimum absolute atomic E-state index is 0.252. The summed E-state index contributed by atoms with van der Waals surface area (Å²) in [5.41, 5.74) is 3.50. The van der Waals surface area contributed by atoms with Crippen LogP contribution in [0, 0.1) is 5.41 Å². The van der Waals surface area contributed by atoms with Crippen LogP contribution >= 0.6 is 0 Å². The van der Waals surface area contributed by atoms with Gasteiger partial charge in [-0.1, -0.05) is 51.1 Å². The van der Waals surface area contributed by atoms with Gasteiger partial charge in [-0.2, -0.15) is 0 Å². The Bertz CT molecular complexity index is 484. The van der Waals surface area contributed by atoms with E-state index < -0.39 is 0 Å². The molecule has 1 aromatic carbocycles. The molecule has 2 nitrogen and oxygen atoms in total. The van der Waals surface area contributed by atoms with Crippen molar-refractivity contribution in [2.75, 3.05) is 0 Å². The summed E-state index contributed by atoms with van der Waals surface area (Å²) in [4.78, 5) is 8.67. The van der Waals surface area contributed by atoms with Crippen molar-refractivity contribution in [3.63, 3.8) is 0 Å². The second-order valence-electron chi connectivity index (χ2n) is 5.50. The molecule has 2 rings (SSSR count). The molecule has 1 heterocycles. The van der Waals surface area contributed by atoms with Gasteiger partial charge in [0.05, 0.1) is 5.69 Å². The van der Waals surface area contributed by atoms with Gasteiger partial charge in [0.1, 0.15) is 6.33 Å². The van der Waals surface area contributed by atoms with Gasteiger partial charge >= 0.3 is 0 Å². The largest absolute Gasteiger partial charge is 0.241 e. The zero-order valence-electron chi connectivity index (χ0n) is 10.6. The van der Waals surface area contributed by atoms with E-state index in [1.165, 1.54) is 0 Å². The molecule has 1 aromatic heterocycles. The van der Waals surface area contributed by atoms with Crippen LogP contribution < -0.4 is 0 Å². The molecule has 88 valence electrons. The Morgan fingerprint density at radius 1 is 1.00 bits per heavy atom. The summed E-state index contributed by atoms with van der Waals surface area (Å²) < 4.78 is 0. The highest BCUT2D eigenvalue weighted by Gasteiger charge is 2.12. The SMILES string of the molecule is CC(C)(C)Cc1cc(-c2ccccc2)ncn1. The van der Waals surface area contributed by atoms with Gasteiger partial charge in [-0.3, -0.25) is 0 Å². The van der Waals surface area contributed by atoms with Gasteiger partial charge < -0.3 is 0 Å². The van der Waals surface area contributed by atoms with E-state index in [0.717, 1.165) is 23.4 Å². The molecule has 0 aliphatic carbocycles. The second-order valence-corrected chi connectivity index (χ2v) is 5.50. The molecule has 0 N–H and O–H groups in total. The highest BCUT2D eigenvalue weighted by atomic mass is 14.8. The third-order valence-corrected chi connectivity index (χ3v) is 2.50. The van der Waals surface area contributed by atoms with Crippen molar-refractivity contribution in [1.29, 1.82) is 0 Å². The van der Waals surface area contributed by atoms with Crippen molar-refractivity contribution in [2.24, 2.45) is 5.41 Å². The second kappa shape index (κ2) is 4.66. The van der Waals surface area contributed by atoms with E-state index in [-0.39, 0.29) is 5.41 Å². The van der Waals surface area contributed by atoms with E-state index in [1.807, 2.05) is 18.2 Å². The summed E-state index contributed by atoms with van der Waals surface area (Å²) in [6.07, 6.45) is 2.62. The predicted octanol–water partition coefficient (Wildman–Crippen LogP) is 3.73.